The Morgan fingerprint density at radius 2 is 1.67 bits per heavy atom. The van der Waals surface area contributed by atoms with Crippen LogP contribution in [0.15, 0.2) is 40.6 Å². The summed E-state index contributed by atoms with van der Waals surface area (Å²) in [4.78, 5) is 13.1. The highest BCUT2D eigenvalue weighted by Crippen LogP contribution is 2.29. The van der Waals surface area contributed by atoms with Crippen LogP contribution in [-0.2, 0) is 15.4 Å². The number of nitrogens with zero attached hydrogens (tertiary/aromatic N) is 1. The summed E-state index contributed by atoms with van der Waals surface area (Å²) in [6, 6.07) is 9.20. The fourth-order valence-electron chi connectivity index (χ4n) is 3.15. The zero-order valence-electron chi connectivity index (χ0n) is 16.0. The first-order valence-corrected chi connectivity index (χ1v) is 11.5. The molecule has 27 heavy (non-hydrogen) atoms. The van der Waals surface area contributed by atoms with Crippen LogP contribution in [0.1, 0.15) is 55.3 Å². The zero-order valence-corrected chi connectivity index (χ0v) is 17.6. The lowest BCUT2D eigenvalue weighted by atomic mass is 9.87. The van der Waals surface area contributed by atoms with Crippen LogP contribution in [-0.4, -0.2) is 31.7 Å². The van der Waals surface area contributed by atoms with E-state index in [1.54, 1.807) is 5.38 Å². The van der Waals surface area contributed by atoms with Gasteiger partial charge in [-0.15, -0.1) is 11.3 Å². The van der Waals surface area contributed by atoms with Crippen molar-refractivity contribution < 1.29 is 13.2 Å². The largest absolute Gasteiger partial charge is 0.321 e. The summed E-state index contributed by atoms with van der Waals surface area (Å²) in [5.74, 6) is -0.385. The lowest BCUT2D eigenvalue weighted by molar-refractivity contribution is 0.102. The van der Waals surface area contributed by atoms with E-state index in [0.29, 0.717) is 18.8 Å². The Morgan fingerprint density at radius 3 is 2.26 bits per heavy atom. The Balaban J connectivity index is 1.80. The summed E-state index contributed by atoms with van der Waals surface area (Å²) < 4.78 is 27.4. The van der Waals surface area contributed by atoms with Crippen molar-refractivity contribution in [3.63, 3.8) is 0 Å². The summed E-state index contributed by atoms with van der Waals surface area (Å²) in [7, 11) is -3.63. The highest BCUT2D eigenvalue weighted by Gasteiger charge is 2.31. The van der Waals surface area contributed by atoms with Crippen LogP contribution in [0.5, 0.6) is 0 Å². The number of carbonyl (C=O) groups excluding carboxylic acids is 1. The average molecular weight is 407 g/mol. The number of anilines is 1. The van der Waals surface area contributed by atoms with Crippen LogP contribution in [0.3, 0.4) is 0 Å². The molecule has 7 heteroatoms. The van der Waals surface area contributed by atoms with Crippen molar-refractivity contribution in [3.8, 4) is 0 Å². The first-order valence-electron chi connectivity index (χ1n) is 9.19. The van der Waals surface area contributed by atoms with Gasteiger partial charge in [0.1, 0.15) is 9.77 Å². The minimum absolute atomic E-state index is 0.0337. The van der Waals surface area contributed by atoms with Gasteiger partial charge in [-0.2, -0.15) is 4.31 Å². The van der Waals surface area contributed by atoms with Crippen LogP contribution in [0, 0.1) is 0 Å². The van der Waals surface area contributed by atoms with E-state index in [-0.39, 0.29) is 21.1 Å². The lowest BCUT2D eigenvalue weighted by Gasteiger charge is -2.25. The predicted molar refractivity (Wildman–Crippen MR) is 110 cm³/mol. The molecule has 0 spiro atoms. The van der Waals surface area contributed by atoms with Crippen LogP contribution >= 0.6 is 11.3 Å². The second kappa shape index (κ2) is 7.73. The van der Waals surface area contributed by atoms with Gasteiger partial charge in [0.15, 0.2) is 0 Å². The third kappa shape index (κ3) is 4.42. The number of hydrogen-bond acceptors (Lipinski definition) is 4. The van der Waals surface area contributed by atoms with Crippen molar-refractivity contribution in [2.75, 3.05) is 18.4 Å². The lowest BCUT2D eigenvalue weighted by Crippen LogP contribution is -2.36. The number of nitrogens with one attached hydrogen (secondary N) is 1. The number of carbonyl (C=O) groups is 1. The molecule has 2 aromatic rings. The summed E-state index contributed by atoms with van der Waals surface area (Å²) in [5.41, 5.74) is 1.86. The highest BCUT2D eigenvalue weighted by atomic mass is 32.2. The van der Waals surface area contributed by atoms with Gasteiger partial charge >= 0.3 is 0 Å². The summed E-state index contributed by atoms with van der Waals surface area (Å²) >= 11 is 1.16. The second-order valence-electron chi connectivity index (χ2n) is 7.86. The minimum atomic E-state index is -3.63. The Labute approximate surface area is 165 Å². The van der Waals surface area contributed by atoms with Gasteiger partial charge in [-0.3, -0.25) is 4.79 Å². The monoisotopic (exact) mass is 406 g/mol. The standard InChI is InChI=1S/C20H26N2O3S2/c1-20(2,3)15-7-9-16(10-8-15)21-19(23)18-17(11-14-26-18)27(24,25)22-12-5-4-6-13-22/h7-11,14H,4-6,12-13H2,1-3H3,(H,21,23). The van der Waals surface area contributed by atoms with E-state index in [1.165, 1.54) is 15.9 Å². The molecule has 0 saturated carbocycles. The van der Waals surface area contributed by atoms with E-state index in [0.717, 1.165) is 30.6 Å². The van der Waals surface area contributed by atoms with Gasteiger partial charge in [0.25, 0.3) is 5.91 Å². The molecule has 1 aromatic heterocycles. The molecular weight excluding hydrogens is 380 g/mol. The molecule has 1 N–H and O–H groups in total. The van der Waals surface area contributed by atoms with E-state index in [4.69, 9.17) is 0 Å². The average Bonchev–Trinajstić information content (AvgIpc) is 3.13. The number of piperidine rings is 1. The molecule has 5 nitrogen and oxygen atoms in total. The summed E-state index contributed by atoms with van der Waals surface area (Å²) in [6.45, 7) is 7.43. The molecule has 0 aliphatic carbocycles. The van der Waals surface area contributed by atoms with Crippen LogP contribution < -0.4 is 5.32 Å². The van der Waals surface area contributed by atoms with Gasteiger partial charge in [0, 0.05) is 18.8 Å². The molecule has 0 bridgehead atoms. The topological polar surface area (TPSA) is 66.5 Å². The van der Waals surface area contributed by atoms with Gasteiger partial charge in [-0.05, 0) is 47.4 Å². The molecule has 1 saturated heterocycles. The SMILES string of the molecule is CC(C)(C)c1ccc(NC(=O)c2sccc2S(=O)(=O)N2CCCCC2)cc1. The maximum atomic E-state index is 12.9. The van der Waals surface area contributed by atoms with Crippen molar-refractivity contribution in [1.29, 1.82) is 0 Å². The maximum Gasteiger partial charge on any atom is 0.267 e. The van der Waals surface area contributed by atoms with Crippen molar-refractivity contribution in [1.82, 2.24) is 4.31 Å². The Morgan fingerprint density at radius 1 is 1.04 bits per heavy atom. The van der Waals surface area contributed by atoms with E-state index in [2.05, 4.69) is 26.1 Å². The predicted octanol–water partition coefficient (Wildman–Crippen LogP) is 4.47. The number of benzene rings is 1. The Hall–Kier alpha value is -1.70. The van der Waals surface area contributed by atoms with E-state index in [9.17, 15) is 13.2 Å². The first-order chi connectivity index (χ1) is 12.7. The molecule has 1 amide bonds. The fourth-order valence-corrected chi connectivity index (χ4v) is 5.96. The molecule has 0 radical (unpaired) electrons. The highest BCUT2D eigenvalue weighted by molar-refractivity contribution is 7.89. The van der Waals surface area contributed by atoms with E-state index < -0.39 is 10.0 Å². The van der Waals surface area contributed by atoms with Gasteiger partial charge in [0.05, 0.1) is 0 Å². The van der Waals surface area contributed by atoms with Crippen molar-refractivity contribution in [2.45, 2.75) is 50.3 Å². The Kier molecular flexibility index (Phi) is 5.74. The number of rotatable bonds is 4. The smallest absolute Gasteiger partial charge is 0.267 e. The van der Waals surface area contributed by atoms with Gasteiger partial charge < -0.3 is 5.32 Å². The molecule has 0 atom stereocenters. The van der Waals surface area contributed by atoms with Crippen molar-refractivity contribution >= 4 is 33.0 Å². The normalized spacial score (nSPS) is 16.3. The van der Waals surface area contributed by atoms with Crippen LogP contribution in [0.2, 0.25) is 0 Å². The zero-order chi connectivity index (χ0) is 19.7. The minimum Gasteiger partial charge on any atom is -0.321 e. The molecular formula is C20H26N2O3S2. The third-order valence-corrected chi connectivity index (χ3v) is 7.76. The molecule has 1 fully saturated rings. The van der Waals surface area contributed by atoms with Crippen LogP contribution in [0.25, 0.3) is 0 Å². The van der Waals surface area contributed by atoms with Crippen LogP contribution in [0.4, 0.5) is 5.69 Å². The molecule has 146 valence electrons. The van der Waals surface area contributed by atoms with Gasteiger partial charge in [-0.1, -0.05) is 39.3 Å². The van der Waals surface area contributed by atoms with E-state index in [1.807, 2.05) is 24.3 Å². The van der Waals surface area contributed by atoms with Crippen molar-refractivity contribution in [3.05, 3.63) is 46.2 Å². The summed E-state index contributed by atoms with van der Waals surface area (Å²) in [6.07, 6.45) is 2.78. The number of thiophene rings is 1. The van der Waals surface area contributed by atoms with E-state index >= 15 is 0 Å². The molecule has 1 aromatic carbocycles. The maximum absolute atomic E-state index is 12.9. The second-order valence-corrected chi connectivity index (χ2v) is 10.7. The number of hydrogen-bond donors (Lipinski definition) is 1. The van der Waals surface area contributed by atoms with Gasteiger partial charge in [-0.25, -0.2) is 8.42 Å². The number of sulfonamides is 1. The first kappa shape index (κ1) is 20.0. The molecule has 2 heterocycles. The summed E-state index contributed by atoms with van der Waals surface area (Å²) in [5, 5.41) is 4.49. The molecule has 1 aliphatic rings. The quantitative estimate of drug-likeness (QED) is 0.814. The molecule has 0 unspecified atom stereocenters. The van der Waals surface area contributed by atoms with Crippen molar-refractivity contribution in [2.24, 2.45) is 0 Å². The molecule has 1 aliphatic heterocycles. The molecule has 3 rings (SSSR count). The Bertz CT molecular complexity index is 903. The fraction of sp³-hybridized carbons (Fsp3) is 0.450. The third-order valence-electron chi connectivity index (χ3n) is 4.78. The van der Waals surface area contributed by atoms with Gasteiger partial charge in [0.2, 0.25) is 10.0 Å². The number of amides is 1.